The number of benzene rings is 1. The predicted molar refractivity (Wildman–Crippen MR) is 142 cm³/mol. The van der Waals surface area contributed by atoms with E-state index < -0.39 is 5.91 Å². The van der Waals surface area contributed by atoms with Crippen molar-refractivity contribution in [1.82, 2.24) is 19.7 Å². The van der Waals surface area contributed by atoms with E-state index in [1.165, 1.54) is 17.0 Å². The number of hydrogen-bond acceptors (Lipinski definition) is 8. The minimum Gasteiger partial charge on any atom is -0.490 e. The first-order chi connectivity index (χ1) is 18.5. The Labute approximate surface area is 219 Å². The molecule has 3 heterocycles. The molecular formula is C27H31N5O6. The summed E-state index contributed by atoms with van der Waals surface area (Å²) in [4.78, 5) is 33.1. The van der Waals surface area contributed by atoms with Gasteiger partial charge in [0.25, 0.3) is 11.5 Å². The van der Waals surface area contributed by atoms with Crippen molar-refractivity contribution in [3.8, 4) is 34.7 Å². The molecule has 0 radical (unpaired) electrons. The summed E-state index contributed by atoms with van der Waals surface area (Å²) in [5, 5.41) is 7.43. The van der Waals surface area contributed by atoms with Crippen molar-refractivity contribution in [3.63, 3.8) is 0 Å². The maximum absolute atomic E-state index is 13.5. The van der Waals surface area contributed by atoms with E-state index in [1.807, 2.05) is 27.7 Å². The summed E-state index contributed by atoms with van der Waals surface area (Å²) in [7, 11) is 0. The van der Waals surface area contributed by atoms with Crippen LogP contribution < -0.4 is 25.1 Å². The molecule has 0 bridgehead atoms. The topological polar surface area (TPSA) is 134 Å². The molecule has 38 heavy (non-hydrogen) atoms. The lowest BCUT2D eigenvalue weighted by molar-refractivity contribution is 0.102. The highest BCUT2D eigenvalue weighted by molar-refractivity contribution is 6.05. The summed E-state index contributed by atoms with van der Waals surface area (Å²) in [6.45, 7) is 8.71. The Morgan fingerprint density at radius 2 is 1.74 bits per heavy atom. The molecule has 4 rings (SSSR count). The summed E-state index contributed by atoms with van der Waals surface area (Å²) in [5.74, 6) is 1.72. The van der Waals surface area contributed by atoms with E-state index in [-0.39, 0.29) is 22.9 Å². The van der Waals surface area contributed by atoms with Crippen LogP contribution in [0.1, 0.15) is 50.2 Å². The molecular weight excluding hydrogens is 490 g/mol. The quantitative estimate of drug-likeness (QED) is 0.276. The second-order valence-electron chi connectivity index (χ2n) is 8.17. The van der Waals surface area contributed by atoms with Gasteiger partial charge in [0.1, 0.15) is 11.5 Å². The molecule has 3 aromatic heterocycles. The molecule has 11 nitrogen and oxygen atoms in total. The first-order valence-electron chi connectivity index (χ1n) is 12.6. The van der Waals surface area contributed by atoms with E-state index in [4.69, 9.17) is 18.6 Å². The SMILES string of the molecule is CCCc1cc(=O)[nH]c(-n2nc(-c3ccco3)cc2NC(=O)c2cc(OCC)c(OCC)c(OCC)c2)n1. The van der Waals surface area contributed by atoms with E-state index in [2.05, 4.69) is 20.4 Å². The zero-order valence-corrected chi connectivity index (χ0v) is 21.9. The molecule has 2 N–H and O–H groups in total. The zero-order chi connectivity index (χ0) is 27.1. The van der Waals surface area contributed by atoms with Crippen LogP contribution in [0.15, 0.2) is 51.9 Å². The third kappa shape index (κ3) is 5.88. The van der Waals surface area contributed by atoms with Crippen molar-refractivity contribution in [3.05, 3.63) is 64.3 Å². The Balaban J connectivity index is 1.77. The summed E-state index contributed by atoms with van der Waals surface area (Å²) < 4.78 is 24.1. The highest BCUT2D eigenvalue weighted by Gasteiger charge is 2.21. The van der Waals surface area contributed by atoms with Crippen LogP contribution in [-0.2, 0) is 6.42 Å². The third-order valence-electron chi connectivity index (χ3n) is 5.38. The molecule has 0 saturated carbocycles. The number of aromatic amines is 1. The number of carbonyl (C=O) groups is 1. The molecule has 0 aliphatic rings. The minimum atomic E-state index is -0.450. The van der Waals surface area contributed by atoms with E-state index in [9.17, 15) is 9.59 Å². The fourth-order valence-electron chi connectivity index (χ4n) is 3.86. The number of ether oxygens (including phenoxy) is 3. The van der Waals surface area contributed by atoms with Gasteiger partial charge in [-0.15, -0.1) is 0 Å². The van der Waals surface area contributed by atoms with E-state index in [0.29, 0.717) is 60.6 Å². The van der Waals surface area contributed by atoms with Crippen LogP contribution in [-0.4, -0.2) is 45.5 Å². The number of anilines is 1. The number of rotatable bonds is 12. The summed E-state index contributed by atoms with van der Waals surface area (Å²) in [5.41, 5.74) is 1.03. The first-order valence-corrected chi connectivity index (χ1v) is 12.6. The van der Waals surface area contributed by atoms with Crippen LogP contribution in [0.3, 0.4) is 0 Å². The maximum atomic E-state index is 13.5. The number of furan rings is 1. The average molecular weight is 522 g/mol. The van der Waals surface area contributed by atoms with Crippen molar-refractivity contribution in [2.75, 3.05) is 25.1 Å². The van der Waals surface area contributed by atoms with Gasteiger partial charge in [0.15, 0.2) is 17.3 Å². The minimum absolute atomic E-state index is 0.172. The number of amides is 1. The van der Waals surface area contributed by atoms with Crippen LogP contribution in [0.5, 0.6) is 17.2 Å². The number of aromatic nitrogens is 4. The molecule has 1 aromatic carbocycles. The van der Waals surface area contributed by atoms with Crippen LogP contribution >= 0.6 is 0 Å². The molecule has 0 saturated heterocycles. The highest BCUT2D eigenvalue weighted by Crippen LogP contribution is 2.39. The lowest BCUT2D eigenvalue weighted by atomic mass is 10.1. The van der Waals surface area contributed by atoms with E-state index >= 15 is 0 Å². The smallest absolute Gasteiger partial charge is 0.257 e. The van der Waals surface area contributed by atoms with Crippen molar-refractivity contribution in [2.24, 2.45) is 0 Å². The second kappa shape index (κ2) is 12.1. The van der Waals surface area contributed by atoms with Crippen molar-refractivity contribution >= 4 is 11.7 Å². The van der Waals surface area contributed by atoms with Crippen LogP contribution in [0.25, 0.3) is 17.4 Å². The number of nitrogens with one attached hydrogen (secondary N) is 2. The fourth-order valence-corrected chi connectivity index (χ4v) is 3.86. The molecule has 0 unspecified atom stereocenters. The Morgan fingerprint density at radius 3 is 2.34 bits per heavy atom. The van der Waals surface area contributed by atoms with Gasteiger partial charge < -0.3 is 23.9 Å². The van der Waals surface area contributed by atoms with Gasteiger partial charge in [-0.3, -0.25) is 14.6 Å². The average Bonchev–Trinajstić information content (AvgIpc) is 3.56. The molecule has 1 amide bonds. The second-order valence-corrected chi connectivity index (χ2v) is 8.17. The Morgan fingerprint density at radius 1 is 1.03 bits per heavy atom. The summed E-state index contributed by atoms with van der Waals surface area (Å²) in [6.07, 6.45) is 2.97. The third-order valence-corrected chi connectivity index (χ3v) is 5.38. The summed E-state index contributed by atoms with van der Waals surface area (Å²) >= 11 is 0. The molecule has 200 valence electrons. The molecule has 11 heteroatoms. The monoisotopic (exact) mass is 521 g/mol. The van der Waals surface area contributed by atoms with Crippen molar-refractivity contribution in [2.45, 2.75) is 40.5 Å². The van der Waals surface area contributed by atoms with Gasteiger partial charge in [-0.2, -0.15) is 9.78 Å². The van der Waals surface area contributed by atoms with Gasteiger partial charge in [0, 0.05) is 23.4 Å². The summed E-state index contributed by atoms with van der Waals surface area (Å²) in [6, 6.07) is 9.78. The van der Waals surface area contributed by atoms with Gasteiger partial charge in [-0.05, 0) is 51.5 Å². The van der Waals surface area contributed by atoms with E-state index in [0.717, 1.165) is 6.42 Å². The largest absolute Gasteiger partial charge is 0.490 e. The highest BCUT2D eigenvalue weighted by atomic mass is 16.5. The standard InChI is InChI=1S/C27H31N5O6/c1-5-10-18-15-24(33)30-27(28-18)32-23(16-19(31-32)20-11-9-12-38-20)29-26(34)17-13-21(35-6-2)25(37-8-4)22(14-17)36-7-3/h9,11-16H,5-8,10H2,1-4H3,(H,29,34)(H,28,30,33). The molecule has 0 aliphatic carbocycles. The number of H-pyrrole nitrogens is 1. The van der Waals surface area contributed by atoms with Crippen LogP contribution in [0.2, 0.25) is 0 Å². The first kappa shape index (κ1) is 26.5. The Kier molecular flexibility index (Phi) is 8.47. The molecule has 0 atom stereocenters. The van der Waals surface area contributed by atoms with Gasteiger partial charge in [-0.25, -0.2) is 4.98 Å². The number of aryl methyl sites for hydroxylation is 1. The Hall–Kier alpha value is -4.54. The van der Waals surface area contributed by atoms with Crippen molar-refractivity contribution < 1.29 is 23.4 Å². The zero-order valence-electron chi connectivity index (χ0n) is 21.9. The fraction of sp³-hybridized carbons (Fsp3) is 0.333. The molecule has 4 aromatic rings. The Bertz CT molecular complexity index is 1410. The molecule has 0 fully saturated rings. The number of hydrogen-bond donors (Lipinski definition) is 2. The van der Waals surface area contributed by atoms with Crippen molar-refractivity contribution in [1.29, 1.82) is 0 Å². The predicted octanol–water partition coefficient (Wildman–Crippen LogP) is 4.62. The number of nitrogens with zero attached hydrogens (tertiary/aromatic N) is 3. The van der Waals surface area contributed by atoms with Gasteiger partial charge >= 0.3 is 0 Å². The lowest BCUT2D eigenvalue weighted by Gasteiger charge is -2.17. The van der Waals surface area contributed by atoms with Gasteiger partial charge in [0.2, 0.25) is 11.7 Å². The van der Waals surface area contributed by atoms with E-state index in [1.54, 1.807) is 30.3 Å². The lowest BCUT2D eigenvalue weighted by Crippen LogP contribution is -2.19. The van der Waals surface area contributed by atoms with Gasteiger partial charge in [-0.1, -0.05) is 13.3 Å². The molecule has 0 aliphatic heterocycles. The number of carbonyl (C=O) groups excluding carboxylic acids is 1. The van der Waals surface area contributed by atoms with Crippen LogP contribution in [0, 0.1) is 0 Å². The van der Waals surface area contributed by atoms with Crippen LogP contribution in [0.4, 0.5) is 5.82 Å². The maximum Gasteiger partial charge on any atom is 0.257 e. The van der Waals surface area contributed by atoms with Gasteiger partial charge in [0.05, 0.1) is 26.1 Å². The molecule has 0 spiro atoms. The normalized spacial score (nSPS) is 10.8.